The van der Waals surface area contributed by atoms with Crippen molar-refractivity contribution in [2.24, 2.45) is 5.41 Å². The van der Waals surface area contributed by atoms with Gasteiger partial charge in [-0.15, -0.1) is 6.58 Å². The van der Waals surface area contributed by atoms with Gasteiger partial charge in [-0.1, -0.05) is 19.4 Å². The summed E-state index contributed by atoms with van der Waals surface area (Å²) in [6, 6.07) is 0. The lowest BCUT2D eigenvalue weighted by Gasteiger charge is -2.37. The first kappa shape index (κ1) is 10.7. The fraction of sp³-hybridized carbons (Fsp3) is 0.800. The van der Waals surface area contributed by atoms with Crippen LogP contribution < -0.4 is 0 Å². The summed E-state index contributed by atoms with van der Waals surface area (Å²) in [4.78, 5) is 0. The van der Waals surface area contributed by atoms with E-state index >= 15 is 0 Å². The topological polar surface area (TPSA) is 20.2 Å². The third-order valence-corrected chi connectivity index (χ3v) is 2.40. The molecule has 0 saturated heterocycles. The molecule has 0 bridgehead atoms. The largest absolute Gasteiger partial charge is 0.390 e. The fourth-order valence-corrected chi connectivity index (χ4v) is 0.971. The summed E-state index contributed by atoms with van der Waals surface area (Å²) in [5, 5.41) is 9.75. The molecule has 0 fully saturated rings. The molecule has 0 aliphatic carbocycles. The molecule has 0 rings (SSSR count). The molecule has 0 unspecified atom stereocenters. The molecule has 0 aromatic rings. The lowest BCUT2D eigenvalue weighted by atomic mass is 9.73. The van der Waals surface area contributed by atoms with Crippen LogP contribution in [0.1, 0.15) is 41.0 Å². The van der Waals surface area contributed by atoms with E-state index in [1.165, 1.54) is 0 Å². The van der Waals surface area contributed by atoms with E-state index in [4.69, 9.17) is 0 Å². The molecular formula is C10H20O. The Bertz CT molecular complexity index is 149. The van der Waals surface area contributed by atoms with Gasteiger partial charge in [0, 0.05) is 0 Å². The van der Waals surface area contributed by atoms with Gasteiger partial charge in [0.05, 0.1) is 5.60 Å². The standard InChI is InChI=1S/C10H20O/c1-8(2)7-9(3,4)10(5,6)11/h11H,1,7H2,2-6H3. The number of aliphatic hydroxyl groups is 1. The van der Waals surface area contributed by atoms with E-state index in [9.17, 15) is 5.11 Å². The molecule has 0 radical (unpaired) electrons. The molecule has 66 valence electrons. The second-order valence-corrected chi connectivity index (χ2v) is 4.58. The second kappa shape index (κ2) is 2.98. The van der Waals surface area contributed by atoms with Gasteiger partial charge in [0.15, 0.2) is 0 Å². The average molecular weight is 156 g/mol. The van der Waals surface area contributed by atoms with Gasteiger partial charge in [0.25, 0.3) is 0 Å². The van der Waals surface area contributed by atoms with Crippen LogP contribution in [0.2, 0.25) is 0 Å². The molecule has 0 aromatic heterocycles. The zero-order valence-corrected chi connectivity index (χ0v) is 8.36. The van der Waals surface area contributed by atoms with Gasteiger partial charge in [-0.25, -0.2) is 0 Å². The smallest absolute Gasteiger partial charge is 0.0645 e. The lowest BCUT2D eigenvalue weighted by molar-refractivity contribution is -0.0343. The molecule has 0 atom stereocenters. The van der Waals surface area contributed by atoms with Crippen LogP contribution in [0.5, 0.6) is 0 Å². The highest BCUT2D eigenvalue weighted by Gasteiger charge is 2.34. The number of hydrogen-bond donors (Lipinski definition) is 1. The number of rotatable bonds is 3. The zero-order valence-electron chi connectivity index (χ0n) is 8.36. The van der Waals surface area contributed by atoms with Crippen molar-refractivity contribution in [2.45, 2.75) is 46.6 Å². The van der Waals surface area contributed by atoms with Gasteiger partial charge in [0.1, 0.15) is 0 Å². The molecule has 0 saturated carbocycles. The normalized spacial score (nSPS) is 13.3. The van der Waals surface area contributed by atoms with Crippen LogP contribution in [0.4, 0.5) is 0 Å². The highest BCUT2D eigenvalue weighted by molar-refractivity contribution is 4.99. The van der Waals surface area contributed by atoms with E-state index in [1.807, 2.05) is 20.8 Å². The van der Waals surface area contributed by atoms with Crippen molar-refractivity contribution in [3.8, 4) is 0 Å². The van der Waals surface area contributed by atoms with Crippen molar-refractivity contribution in [2.75, 3.05) is 0 Å². The van der Waals surface area contributed by atoms with Crippen molar-refractivity contribution >= 4 is 0 Å². The fourth-order valence-electron chi connectivity index (χ4n) is 0.971. The Balaban J connectivity index is 4.34. The van der Waals surface area contributed by atoms with Gasteiger partial charge >= 0.3 is 0 Å². The van der Waals surface area contributed by atoms with Crippen LogP contribution in [-0.4, -0.2) is 10.7 Å². The minimum atomic E-state index is -0.633. The van der Waals surface area contributed by atoms with E-state index in [-0.39, 0.29) is 5.41 Å². The Morgan fingerprint density at radius 2 is 1.64 bits per heavy atom. The van der Waals surface area contributed by atoms with Crippen molar-refractivity contribution in [1.29, 1.82) is 0 Å². The van der Waals surface area contributed by atoms with Gasteiger partial charge in [-0.05, 0) is 32.6 Å². The Hall–Kier alpha value is -0.300. The molecule has 0 amide bonds. The monoisotopic (exact) mass is 156 g/mol. The van der Waals surface area contributed by atoms with Gasteiger partial charge in [-0.2, -0.15) is 0 Å². The number of hydrogen-bond acceptors (Lipinski definition) is 1. The molecular weight excluding hydrogens is 136 g/mol. The van der Waals surface area contributed by atoms with E-state index in [0.29, 0.717) is 0 Å². The Morgan fingerprint density at radius 1 is 1.27 bits per heavy atom. The molecule has 0 aromatic carbocycles. The van der Waals surface area contributed by atoms with Crippen LogP contribution in [0, 0.1) is 5.41 Å². The van der Waals surface area contributed by atoms with Crippen LogP contribution >= 0.6 is 0 Å². The second-order valence-electron chi connectivity index (χ2n) is 4.58. The maximum atomic E-state index is 9.75. The summed E-state index contributed by atoms with van der Waals surface area (Å²) in [7, 11) is 0. The lowest BCUT2D eigenvalue weighted by Crippen LogP contribution is -2.38. The first-order valence-corrected chi connectivity index (χ1v) is 4.03. The van der Waals surface area contributed by atoms with E-state index in [0.717, 1.165) is 12.0 Å². The molecule has 1 N–H and O–H groups in total. The Morgan fingerprint density at radius 3 is 1.73 bits per heavy atom. The number of allylic oxidation sites excluding steroid dienone is 1. The Labute approximate surface area is 70.1 Å². The summed E-state index contributed by atoms with van der Waals surface area (Å²) >= 11 is 0. The third-order valence-electron chi connectivity index (χ3n) is 2.40. The maximum Gasteiger partial charge on any atom is 0.0645 e. The SMILES string of the molecule is C=C(C)CC(C)(C)C(C)(C)O. The summed E-state index contributed by atoms with van der Waals surface area (Å²) in [5.41, 5.74) is 0.405. The zero-order chi connectivity index (χ0) is 9.28. The van der Waals surface area contributed by atoms with Crippen molar-refractivity contribution in [1.82, 2.24) is 0 Å². The quantitative estimate of drug-likeness (QED) is 0.623. The van der Waals surface area contributed by atoms with Crippen molar-refractivity contribution < 1.29 is 5.11 Å². The highest BCUT2D eigenvalue weighted by Crippen LogP contribution is 2.35. The molecule has 0 spiro atoms. The van der Waals surface area contributed by atoms with Gasteiger partial charge in [-0.3, -0.25) is 0 Å². The summed E-state index contributed by atoms with van der Waals surface area (Å²) < 4.78 is 0. The minimum absolute atomic E-state index is 0.0845. The van der Waals surface area contributed by atoms with Crippen LogP contribution in [0.25, 0.3) is 0 Å². The van der Waals surface area contributed by atoms with Crippen molar-refractivity contribution in [3.63, 3.8) is 0 Å². The van der Waals surface area contributed by atoms with E-state index < -0.39 is 5.60 Å². The predicted molar refractivity (Wildman–Crippen MR) is 49.5 cm³/mol. The van der Waals surface area contributed by atoms with Crippen LogP contribution in [0.15, 0.2) is 12.2 Å². The van der Waals surface area contributed by atoms with E-state index in [1.54, 1.807) is 0 Å². The highest BCUT2D eigenvalue weighted by atomic mass is 16.3. The van der Waals surface area contributed by atoms with Crippen molar-refractivity contribution in [3.05, 3.63) is 12.2 Å². The summed E-state index contributed by atoms with van der Waals surface area (Å²) in [6.07, 6.45) is 0.872. The summed E-state index contributed by atoms with van der Waals surface area (Å²) in [6.45, 7) is 13.6. The molecule has 1 nitrogen and oxygen atoms in total. The first-order chi connectivity index (χ1) is 4.67. The van der Waals surface area contributed by atoms with Gasteiger partial charge < -0.3 is 5.11 Å². The third kappa shape index (κ3) is 3.06. The molecule has 0 aliphatic heterocycles. The van der Waals surface area contributed by atoms with E-state index in [2.05, 4.69) is 20.4 Å². The minimum Gasteiger partial charge on any atom is -0.390 e. The molecule has 11 heavy (non-hydrogen) atoms. The van der Waals surface area contributed by atoms with Crippen LogP contribution in [0.3, 0.4) is 0 Å². The van der Waals surface area contributed by atoms with Gasteiger partial charge in [0.2, 0.25) is 0 Å². The van der Waals surface area contributed by atoms with Crippen LogP contribution in [-0.2, 0) is 0 Å². The first-order valence-electron chi connectivity index (χ1n) is 4.03. The molecule has 0 heterocycles. The average Bonchev–Trinajstić information content (AvgIpc) is 1.56. The maximum absolute atomic E-state index is 9.75. The predicted octanol–water partition coefficient (Wildman–Crippen LogP) is 2.75. The summed E-state index contributed by atoms with van der Waals surface area (Å²) in [5.74, 6) is 0. The molecule has 1 heteroatoms. The Kier molecular flexibility index (Phi) is 2.90. The molecule has 0 aliphatic rings.